The molecule has 1 aliphatic carbocycles. The molecule has 0 atom stereocenters. The highest BCUT2D eigenvalue weighted by Gasteiger charge is 2.30. The van der Waals surface area contributed by atoms with E-state index in [1.807, 2.05) is 13.8 Å². The highest BCUT2D eigenvalue weighted by Crippen LogP contribution is 2.22. The molecule has 0 saturated heterocycles. The Labute approximate surface area is 149 Å². The van der Waals surface area contributed by atoms with E-state index in [4.69, 9.17) is 4.74 Å². The molecule has 0 aromatic carbocycles. The largest absolute Gasteiger partial charge is 0.492 e. The van der Waals surface area contributed by atoms with Crippen LogP contribution in [-0.4, -0.2) is 43.8 Å². The van der Waals surface area contributed by atoms with Gasteiger partial charge in [0.1, 0.15) is 5.65 Å². The van der Waals surface area contributed by atoms with Crippen molar-refractivity contribution in [2.75, 3.05) is 6.61 Å². The Bertz CT molecular complexity index is 923. The number of hydrogen-bond donors (Lipinski definition) is 2. The van der Waals surface area contributed by atoms with Crippen LogP contribution in [0.5, 0.6) is 5.88 Å². The van der Waals surface area contributed by atoms with Crippen LogP contribution in [0.4, 0.5) is 0 Å². The summed E-state index contributed by atoms with van der Waals surface area (Å²) < 4.78 is 7.31. The third-order valence-electron chi connectivity index (χ3n) is 4.02. The van der Waals surface area contributed by atoms with Gasteiger partial charge in [0.05, 0.1) is 6.61 Å². The van der Waals surface area contributed by atoms with E-state index in [0.717, 1.165) is 17.4 Å². The molecular weight excluding hydrogens is 340 g/mol. The maximum atomic E-state index is 12.9. The Hall–Kier alpha value is -2.84. The second kappa shape index (κ2) is 6.81. The van der Waals surface area contributed by atoms with Gasteiger partial charge in [0.15, 0.2) is 11.3 Å². The summed E-state index contributed by atoms with van der Waals surface area (Å²) in [7, 11) is 0. The van der Waals surface area contributed by atoms with E-state index >= 15 is 0 Å². The lowest BCUT2D eigenvalue weighted by Gasteiger charge is -2.14. The van der Waals surface area contributed by atoms with Crippen LogP contribution >= 0.6 is 0 Å². The van der Waals surface area contributed by atoms with Crippen molar-refractivity contribution < 1.29 is 19.4 Å². The molecular formula is C17H22N4O5. The molecule has 2 heterocycles. The van der Waals surface area contributed by atoms with Gasteiger partial charge >= 0.3 is 5.97 Å². The summed E-state index contributed by atoms with van der Waals surface area (Å²) in [5, 5.41) is 17.2. The highest BCUT2D eigenvalue weighted by molar-refractivity contribution is 5.97. The van der Waals surface area contributed by atoms with E-state index in [2.05, 4.69) is 10.4 Å². The summed E-state index contributed by atoms with van der Waals surface area (Å²) in [4.78, 5) is 37.3. The molecule has 0 bridgehead atoms. The number of carbonyl (C=O) groups is 2. The first-order valence-electron chi connectivity index (χ1n) is 8.67. The molecule has 0 radical (unpaired) electrons. The predicted molar refractivity (Wildman–Crippen MR) is 92.4 cm³/mol. The summed E-state index contributed by atoms with van der Waals surface area (Å²) in [5.74, 6) is -1.79. The Morgan fingerprint density at radius 2 is 2.12 bits per heavy atom. The van der Waals surface area contributed by atoms with Crippen molar-refractivity contribution in [3.63, 3.8) is 0 Å². The van der Waals surface area contributed by atoms with Crippen molar-refractivity contribution in [2.45, 2.75) is 46.2 Å². The topological polar surface area (TPSA) is 115 Å². The first-order valence-corrected chi connectivity index (χ1v) is 8.67. The smallest absolute Gasteiger partial charge is 0.358 e. The van der Waals surface area contributed by atoms with Gasteiger partial charge in [-0.05, 0) is 25.7 Å². The van der Waals surface area contributed by atoms with Gasteiger partial charge in [0, 0.05) is 18.7 Å². The fourth-order valence-corrected chi connectivity index (χ4v) is 2.69. The van der Waals surface area contributed by atoms with E-state index in [1.54, 1.807) is 6.92 Å². The highest BCUT2D eigenvalue weighted by atomic mass is 16.5. The molecule has 1 amide bonds. The quantitative estimate of drug-likeness (QED) is 0.739. The number of fused-ring (bicyclic) bond motifs is 1. The Morgan fingerprint density at radius 1 is 1.42 bits per heavy atom. The lowest BCUT2D eigenvalue weighted by Crippen LogP contribution is -2.36. The number of esters is 1. The average Bonchev–Trinajstić information content (AvgIpc) is 3.25. The van der Waals surface area contributed by atoms with Gasteiger partial charge in [0.25, 0.3) is 11.5 Å². The molecule has 9 heteroatoms. The fourth-order valence-electron chi connectivity index (χ4n) is 2.69. The first-order chi connectivity index (χ1) is 12.3. The van der Waals surface area contributed by atoms with E-state index in [0.29, 0.717) is 6.54 Å². The van der Waals surface area contributed by atoms with E-state index in [9.17, 15) is 19.5 Å². The van der Waals surface area contributed by atoms with Crippen LogP contribution in [-0.2, 0) is 11.3 Å². The van der Waals surface area contributed by atoms with Crippen LogP contribution in [0.15, 0.2) is 10.9 Å². The lowest BCUT2D eigenvalue weighted by atomic mass is 10.2. The predicted octanol–water partition coefficient (Wildman–Crippen LogP) is 0.926. The number of amides is 1. The second-order valence-corrected chi connectivity index (χ2v) is 6.78. The second-order valence-electron chi connectivity index (χ2n) is 6.78. The van der Waals surface area contributed by atoms with Gasteiger partial charge in [-0.25, -0.2) is 4.79 Å². The number of aromatic hydroxyl groups is 1. The van der Waals surface area contributed by atoms with Gasteiger partial charge in [-0.15, -0.1) is 0 Å². The Balaban J connectivity index is 2.19. The molecule has 2 aromatic heterocycles. The zero-order valence-electron chi connectivity index (χ0n) is 15.0. The van der Waals surface area contributed by atoms with Crippen molar-refractivity contribution >= 4 is 17.5 Å². The van der Waals surface area contributed by atoms with Crippen LogP contribution in [0, 0.1) is 5.92 Å². The molecule has 2 N–H and O–H groups in total. The zero-order chi connectivity index (χ0) is 19.0. The SMILES string of the molecule is CCOC(=O)c1cc2n(CC(C)C)c(=O)c(C(=O)NC3CC3)c(O)n2n1. The monoisotopic (exact) mass is 362 g/mol. The zero-order valence-corrected chi connectivity index (χ0v) is 15.0. The summed E-state index contributed by atoms with van der Waals surface area (Å²) in [6.45, 7) is 5.98. The van der Waals surface area contributed by atoms with Crippen LogP contribution in [0.1, 0.15) is 54.5 Å². The maximum absolute atomic E-state index is 12.9. The number of carbonyl (C=O) groups excluding carboxylic acids is 2. The van der Waals surface area contributed by atoms with E-state index in [1.165, 1.54) is 10.6 Å². The number of hydrogen-bond acceptors (Lipinski definition) is 6. The van der Waals surface area contributed by atoms with Crippen molar-refractivity contribution in [2.24, 2.45) is 5.92 Å². The van der Waals surface area contributed by atoms with Crippen molar-refractivity contribution in [1.82, 2.24) is 19.5 Å². The molecule has 2 aromatic rings. The van der Waals surface area contributed by atoms with Crippen molar-refractivity contribution in [3.8, 4) is 5.88 Å². The molecule has 0 aliphatic heterocycles. The average molecular weight is 362 g/mol. The van der Waals surface area contributed by atoms with E-state index < -0.39 is 23.3 Å². The van der Waals surface area contributed by atoms with Gasteiger partial charge < -0.3 is 15.2 Å². The number of nitrogens with one attached hydrogen (secondary N) is 1. The third-order valence-corrected chi connectivity index (χ3v) is 4.02. The fraction of sp³-hybridized carbons (Fsp3) is 0.529. The summed E-state index contributed by atoms with van der Waals surface area (Å²) in [6.07, 6.45) is 1.70. The minimum absolute atomic E-state index is 0.0308. The summed E-state index contributed by atoms with van der Waals surface area (Å²) >= 11 is 0. The Morgan fingerprint density at radius 3 is 2.69 bits per heavy atom. The van der Waals surface area contributed by atoms with Gasteiger partial charge in [-0.1, -0.05) is 13.8 Å². The van der Waals surface area contributed by atoms with Gasteiger partial charge in [-0.2, -0.15) is 9.61 Å². The summed E-state index contributed by atoms with van der Waals surface area (Å²) in [5.41, 5.74) is -0.799. The Kier molecular flexibility index (Phi) is 4.71. The number of rotatable bonds is 6. The number of nitrogens with zero attached hydrogens (tertiary/aromatic N) is 3. The van der Waals surface area contributed by atoms with Crippen LogP contribution in [0.3, 0.4) is 0 Å². The minimum Gasteiger partial charge on any atom is -0.492 e. The van der Waals surface area contributed by atoms with Crippen LogP contribution in [0.2, 0.25) is 0 Å². The molecule has 1 aliphatic rings. The lowest BCUT2D eigenvalue weighted by molar-refractivity contribution is 0.0519. The van der Waals surface area contributed by atoms with Crippen LogP contribution in [0.25, 0.3) is 5.65 Å². The standard InChI is InChI=1S/C17H22N4O5/c1-4-26-17(25)11-7-12-20(8-9(2)3)15(23)13(16(24)21(12)19-11)14(22)18-10-5-6-10/h7,9-10,24H,4-6,8H2,1-3H3,(H,18,22). The molecule has 1 fully saturated rings. The van der Waals surface area contributed by atoms with Crippen molar-refractivity contribution in [3.05, 3.63) is 27.7 Å². The minimum atomic E-state index is -0.664. The molecule has 9 nitrogen and oxygen atoms in total. The van der Waals surface area contributed by atoms with Gasteiger partial charge in [0.2, 0.25) is 5.88 Å². The molecule has 0 spiro atoms. The molecule has 0 unspecified atom stereocenters. The van der Waals surface area contributed by atoms with Crippen molar-refractivity contribution in [1.29, 1.82) is 0 Å². The summed E-state index contributed by atoms with van der Waals surface area (Å²) in [6, 6.07) is 1.41. The number of ether oxygens (including phenoxy) is 1. The molecule has 3 rings (SSSR count). The van der Waals surface area contributed by atoms with Gasteiger partial charge in [-0.3, -0.25) is 14.2 Å². The molecule has 26 heavy (non-hydrogen) atoms. The normalized spacial score (nSPS) is 14.0. The third kappa shape index (κ3) is 3.29. The molecule has 140 valence electrons. The van der Waals surface area contributed by atoms with E-state index in [-0.39, 0.29) is 35.5 Å². The maximum Gasteiger partial charge on any atom is 0.358 e. The van der Waals surface area contributed by atoms with Crippen LogP contribution < -0.4 is 10.9 Å². The number of aromatic nitrogens is 3. The molecule has 1 saturated carbocycles. The first kappa shape index (κ1) is 18.0.